The lowest BCUT2D eigenvalue weighted by Gasteiger charge is -2.32. The van der Waals surface area contributed by atoms with Gasteiger partial charge in [0.05, 0.1) is 16.9 Å². The van der Waals surface area contributed by atoms with Crippen LogP contribution < -0.4 is 10.5 Å². The monoisotopic (exact) mass is 445 g/mol. The van der Waals surface area contributed by atoms with Gasteiger partial charge in [0.2, 0.25) is 5.88 Å². The number of hydroxylamine groups is 2. The highest BCUT2D eigenvalue weighted by atomic mass is 16.7. The number of piperazine rings is 1. The standard InChI is InChI=1S/C23H23N7O3/c24-23(31)33-30-11-9-29(10-12-30)15-18-3-1-16-13-19(4-5-20(16)27-18)32-22-6-2-17(14-25-22)21-7-8-26-28-21/h1-8,13-14H,9-12,15H2,(H2,24,31)(H,26,28). The molecule has 0 radical (unpaired) electrons. The van der Waals surface area contributed by atoms with Crippen LogP contribution in [0.4, 0.5) is 4.79 Å². The van der Waals surface area contributed by atoms with Gasteiger partial charge < -0.3 is 15.3 Å². The highest BCUT2D eigenvalue weighted by Crippen LogP contribution is 2.26. The van der Waals surface area contributed by atoms with E-state index in [0.29, 0.717) is 24.7 Å². The Hall–Kier alpha value is -4.02. The molecule has 1 aromatic carbocycles. The van der Waals surface area contributed by atoms with E-state index in [9.17, 15) is 4.79 Å². The van der Waals surface area contributed by atoms with Gasteiger partial charge in [-0.1, -0.05) is 6.07 Å². The minimum atomic E-state index is -0.773. The molecule has 3 aromatic heterocycles. The molecule has 0 bridgehead atoms. The van der Waals surface area contributed by atoms with Gasteiger partial charge in [-0.25, -0.2) is 9.78 Å². The number of amides is 1. The average molecular weight is 445 g/mol. The number of benzene rings is 1. The maximum atomic E-state index is 10.9. The second kappa shape index (κ2) is 9.23. The van der Waals surface area contributed by atoms with Gasteiger partial charge in [-0.2, -0.15) is 5.10 Å². The van der Waals surface area contributed by atoms with E-state index in [4.69, 9.17) is 20.3 Å². The van der Waals surface area contributed by atoms with E-state index in [1.54, 1.807) is 17.5 Å². The summed E-state index contributed by atoms with van der Waals surface area (Å²) in [6, 6.07) is 15.5. The van der Waals surface area contributed by atoms with Crippen LogP contribution in [-0.4, -0.2) is 62.4 Å². The molecule has 1 aliphatic rings. The summed E-state index contributed by atoms with van der Waals surface area (Å²) in [7, 11) is 0. The SMILES string of the molecule is NC(=O)ON1CCN(Cc2ccc3cc(Oc4ccc(-c5ccn[nH]5)cn4)ccc3n2)CC1. The summed E-state index contributed by atoms with van der Waals surface area (Å²) in [5.74, 6) is 1.21. The zero-order chi connectivity index (χ0) is 22.6. The van der Waals surface area contributed by atoms with Crippen LogP contribution in [-0.2, 0) is 11.4 Å². The molecule has 0 atom stereocenters. The van der Waals surface area contributed by atoms with Crippen molar-refractivity contribution in [3.63, 3.8) is 0 Å². The number of nitrogens with one attached hydrogen (secondary N) is 1. The summed E-state index contributed by atoms with van der Waals surface area (Å²) in [6.45, 7) is 3.51. The molecule has 10 heteroatoms. The third-order valence-corrected chi connectivity index (χ3v) is 5.42. The average Bonchev–Trinajstić information content (AvgIpc) is 3.36. The fraction of sp³-hybridized carbons (Fsp3) is 0.217. The first kappa shape index (κ1) is 20.9. The second-order valence-corrected chi connectivity index (χ2v) is 7.73. The third kappa shape index (κ3) is 5.08. The number of carbonyl (C=O) groups is 1. The van der Waals surface area contributed by atoms with Crippen LogP contribution in [0.1, 0.15) is 5.69 Å². The van der Waals surface area contributed by atoms with Crippen molar-refractivity contribution in [1.82, 2.24) is 30.1 Å². The Bertz CT molecular complexity index is 1240. The maximum absolute atomic E-state index is 10.9. The van der Waals surface area contributed by atoms with Crippen molar-refractivity contribution in [3.8, 4) is 22.9 Å². The van der Waals surface area contributed by atoms with Gasteiger partial charge in [0.1, 0.15) is 5.75 Å². The Labute approximate surface area is 189 Å². The van der Waals surface area contributed by atoms with Crippen LogP contribution in [0.2, 0.25) is 0 Å². The van der Waals surface area contributed by atoms with E-state index >= 15 is 0 Å². The summed E-state index contributed by atoms with van der Waals surface area (Å²) in [6.07, 6.45) is 2.68. The van der Waals surface area contributed by atoms with E-state index in [2.05, 4.69) is 20.1 Å². The molecule has 4 heterocycles. The lowest BCUT2D eigenvalue weighted by Crippen LogP contribution is -2.47. The van der Waals surface area contributed by atoms with Gasteiger partial charge in [0.15, 0.2) is 0 Å². The van der Waals surface area contributed by atoms with Gasteiger partial charge in [-0.3, -0.25) is 15.0 Å². The Morgan fingerprint density at radius 2 is 1.94 bits per heavy atom. The van der Waals surface area contributed by atoms with Crippen LogP contribution >= 0.6 is 0 Å². The van der Waals surface area contributed by atoms with Crippen LogP contribution in [0, 0.1) is 0 Å². The van der Waals surface area contributed by atoms with Crippen molar-refractivity contribution < 1.29 is 14.4 Å². The summed E-state index contributed by atoms with van der Waals surface area (Å²) in [5.41, 5.74) is 8.80. The molecule has 168 valence electrons. The number of aromatic nitrogens is 4. The number of nitrogens with zero attached hydrogens (tertiary/aromatic N) is 5. The first-order chi connectivity index (χ1) is 16.1. The zero-order valence-corrected chi connectivity index (χ0v) is 17.8. The number of fused-ring (bicyclic) bond motifs is 1. The minimum absolute atomic E-state index is 0.515. The molecule has 0 unspecified atom stereocenters. The second-order valence-electron chi connectivity index (χ2n) is 7.73. The molecule has 5 rings (SSSR count). The zero-order valence-electron chi connectivity index (χ0n) is 17.8. The fourth-order valence-corrected chi connectivity index (χ4v) is 3.77. The van der Waals surface area contributed by atoms with Crippen LogP contribution in [0.15, 0.2) is 60.9 Å². The number of H-pyrrole nitrogens is 1. The number of ether oxygens (including phenoxy) is 1. The van der Waals surface area contributed by atoms with Crippen molar-refractivity contribution in [3.05, 3.63) is 66.6 Å². The molecule has 1 fully saturated rings. The summed E-state index contributed by atoms with van der Waals surface area (Å²) < 4.78 is 5.93. The largest absolute Gasteiger partial charge is 0.439 e. The van der Waals surface area contributed by atoms with E-state index in [0.717, 1.165) is 47.5 Å². The molecule has 33 heavy (non-hydrogen) atoms. The normalized spacial score (nSPS) is 14.9. The number of aromatic amines is 1. The van der Waals surface area contributed by atoms with Crippen LogP contribution in [0.5, 0.6) is 11.6 Å². The number of hydrogen-bond donors (Lipinski definition) is 2. The lowest BCUT2D eigenvalue weighted by molar-refractivity contribution is -0.120. The summed E-state index contributed by atoms with van der Waals surface area (Å²) in [4.78, 5) is 27.2. The van der Waals surface area contributed by atoms with Crippen molar-refractivity contribution in [1.29, 1.82) is 0 Å². The van der Waals surface area contributed by atoms with E-state index < -0.39 is 6.09 Å². The van der Waals surface area contributed by atoms with Gasteiger partial charge >= 0.3 is 6.09 Å². The number of hydrogen-bond acceptors (Lipinski definition) is 8. The van der Waals surface area contributed by atoms with Crippen molar-refractivity contribution in [2.45, 2.75) is 6.54 Å². The minimum Gasteiger partial charge on any atom is -0.439 e. The maximum Gasteiger partial charge on any atom is 0.423 e. The summed E-state index contributed by atoms with van der Waals surface area (Å²) >= 11 is 0. The predicted molar refractivity (Wildman–Crippen MR) is 121 cm³/mol. The Morgan fingerprint density at radius 1 is 1.06 bits per heavy atom. The van der Waals surface area contributed by atoms with E-state index in [1.165, 1.54) is 0 Å². The molecule has 4 aromatic rings. The topological polar surface area (TPSA) is 122 Å². The first-order valence-corrected chi connectivity index (χ1v) is 10.6. The van der Waals surface area contributed by atoms with Crippen molar-refractivity contribution in [2.75, 3.05) is 26.2 Å². The molecule has 3 N–H and O–H groups in total. The Kier molecular flexibility index (Phi) is 5.83. The fourth-order valence-electron chi connectivity index (χ4n) is 3.77. The van der Waals surface area contributed by atoms with Gasteiger partial charge in [-0.05, 0) is 36.4 Å². The number of pyridine rings is 2. The van der Waals surface area contributed by atoms with E-state index in [-0.39, 0.29) is 0 Å². The lowest BCUT2D eigenvalue weighted by atomic mass is 10.2. The summed E-state index contributed by atoms with van der Waals surface area (Å²) in [5, 5.41) is 9.45. The third-order valence-electron chi connectivity index (χ3n) is 5.42. The molecule has 10 nitrogen and oxygen atoms in total. The van der Waals surface area contributed by atoms with Gasteiger partial charge in [-0.15, -0.1) is 5.06 Å². The molecule has 1 amide bonds. The number of primary amides is 1. The van der Waals surface area contributed by atoms with E-state index in [1.807, 2.05) is 48.5 Å². The van der Waals surface area contributed by atoms with Crippen molar-refractivity contribution >= 4 is 17.0 Å². The molecule has 0 saturated carbocycles. The smallest absolute Gasteiger partial charge is 0.423 e. The number of nitrogens with two attached hydrogens (primary N) is 1. The molecule has 1 saturated heterocycles. The predicted octanol–water partition coefficient (Wildman–Crippen LogP) is 2.94. The van der Waals surface area contributed by atoms with Gasteiger partial charge in [0.25, 0.3) is 0 Å². The molecule has 0 aliphatic carbocycles. The Balaban J connectivity index is 1.22. The first-order valence-electron chi connectivity index (χ1n) is 10.6. The van der Waals surface area contributed by atoms with Crippen LogP contribution in [0.3, 0.4) is 0 Å². The molecular formula is C23H23N7O3. The molecular weight excluding hydrogens is 422 g/mol. The number of carbonyl (C=O) groups excluding carboxylic acids is 1. The quantitative estimate of drug-likeness (QED) is 0.464. The Morgan fingerprint density at radius 3 is 2.67 bits per heavy atom. The number of rotatable bonds is 6. The molecule has 0 spiro atoms. The highest BCUT2D eigenvalue weighted by Gasteiger charge is 2.19. The molecule has 1 aliphatic heterocycles. The van der Waals surface area contributed by atoms with Crippen molar-refractivity contribution in [2.24, 2.45) is 5.73 Å². The highest BCUT2D eigenvalue weighted by molar-refractivity contribution is 5.80. The van der Waals surface area contributed by atoms with Gasteiger partial charge in [0, 0.05) is 62.1 Å². The van der Waals surface area contributed by atoms with Crippen LogP contribution in [0.25, 0.3) is 22.2 Å².